The van der Waals surface area contributed by atoms with Crippen LogP contribution in [0.2, 0.25) is 0 Å². The minimum atomic E-state index is -4.66. The Morgan fingerprint density at radius 1 is 1.07 bits per heavy atom. The SMILES string of the molecule is COc1ccc2c(c1)nc(C(F)(F)F)n2-c1cnc(NCc2ccncc2)cn1. The highest BCUT2D eigenvalue weighted by atomic mass is 19.4. The molecule has 0 spiro atoms. The summed E-state index contributed by atoms with van der Waals surface area (Å²) in [5.74, 6) is -0.213. The van der Waals surface area contributed by atoms with E-state index in [4.69, 9.17) is 4.74 Å². The number of fused-ring (bicyclic) bond motifs is 1. The number of imidazole rings is 1. The van der Waals surface area contributed by atoms with Gasteiger partial charge in [-0.2, -0.15) is 13.2 Å². The van der Waals surface area contributed by atoms with E-state index in [0.29, 0.717) is 18.1 Å². The Hall–Kier alpha value is -3.69. The molecule has 0 aliphatic carbocycles. The lowest BCUT2D eigenvalue weighted by Crippen LogP contribution is -2.15. The van der Waals surface area contributed by atoms with E-state index in [2.05, 4.69) is 25.3 Å². The number of nitrogens with zero attached hydrogens (tertiary/aromatic N) is 5. The monoisotopic (exact) mass is 400 g/mol. The normalized spacial score (nSPS) is 11.6. The average molecular weight is 400 g/mol. The number of aromatic nitrogens is 5. The van der Waals surface area contributed by atoms with Crippen molar-refractivity contribution in [1.29, 1.82) is 0 Å². The molecule has 3 heterocycles. The molecule has 148 valence electrons. The Kier molecular flexibility index (Phi) is 4.75. The Labute approximate surface area is 163 Å². The molecule has 0 aliphatic heterocycles. The number of pyridine rings is 1. The minimum Gasteiger partial charge on any atom is -0.497 e. The van der Waals surface area contributed by atoms with Crippen LogP contribution in [0, 0.1) is 0 Å². The number of benzene rings is 1. The molecular formula is C19H15F3N6O. The third-order valence-electron chi connectivity index (χ3n) is 4.21. The van der Waals surface area contributed by atoms with Crippen LogP contribution < -0.4 is 10.1 Å². The molecule has 0 aliphatic rings. The quantitative estimate of drug-likeness (QED) is 0.548. The predicted octanol–water partition coefficient (Wildman–Crippen LogP) is 3.85. The van der Waals surface area contributed by atoms with Gasteiger partial charge in [-0.25, -0.2) is 15.0 Å². The van der Waals surface area contributed by atoms with E-state index < -0.39 is 12.0 Å². The zero-order valence-corrected chi connectivity index (χ0v) is 15.2. The number of hydrogen-bond acceptors (Lipinski definition) is 6. The Morgan fingerprint density at radius 2 is 1.86 bits per heavy atom. The predicted molar refractivity (Wildman–Crippen MR) is 99.8 cm³/mol. The molecule has 4 aromatic rings. The fraction of sp³-hybridized carbons (Fsp3) is 0.158. The van der Waals surface area contributed by atoms with Crippen LogP contribution in [0.15, 0.2) is 55.1 Å². The third kappa shape index (κ3) is 3.82. The van der Waals surface area contributed by atoms with Gasteiger partial charge in [-0.15, -0.1) is 0 Å². The highest BCUT2D eigenvalue weighted by molar-refractivity contribution is 5.79. The van der Waals surface area contributed by atoms with E-state index in [-0.39, 0.29) is 16.9 Å². The topological polar surface area (TPSA) is 77.8 Å². The fourth-order valence-electron chi connectivity index (χ4n) is 2.83. The first-order valence-electron chi connectivity index (χ1n) is 8.54. The van der Waals surface area contributed by atoms with Crippen LogP contribution in [0.4, 0.5) is 19.0 Å². The van der Waals surface area contributed by atoms with E-state index in [1.807, 2.05) is 12.1 Å². The van der Waals surface area contributed by atoms with Gasteiger partial charge < -0.3 is 10.1 Å². The number of alkyl halides is 3. The van der Waals surface area contributed by atoms with Crippen LogP contribution in [0.1, 0.15) is 11.4 Å². The van der Waals surface area contributed by atoms with Gasteiger partial charge >= 0.3 is 6.18 Å². The van der Waals surface area contributed by atoms with Crippen molar-refractivity contribution < 1.29 is 17.9 Å². The van der Waals surface area contributed by atoms with Gasteiger partial charge in [0.05, 0.1) is 30.5 Å². The van der Waals surface area contributed by atoms with Crippen molar-refractivity contribution in [3.8, 4) is 11.6 Å². The zero-order valence-electron chi connectivity index (χ0n) is 15.2. The van der Waals surface area contributed by atoms with Crippen molar-refractivity contribution >= 4 is 16.9 Å². The highest BCUT2D eigenvalue weighted by Crippen LogP contribution is 2.34. The van der Waals surface area contributed by atoms with Gasteiger partial charge in [0.1, 0.15) is 11.6 Å². The molecule has 10 heteroatoms. The minimum absolute atomic E-state index is 0.0134. The molecule has 0 saturated heterocycles. The number of hydrogen-bond donors (Lipinski definition) is 1. The molecule has 0 atom stereocenters. The molecule has 0 amide bonds. The summed E-state index contributed by atoms with van der Waals surface area (Å²) in [6.07, 6.45) is 1.33. The smallest absolute Gasteiger partial charge is 0.450 e. The Bertz CT molecular complexity index is 1130. The van der Waals surface area contributed by atoms with Gasteiger partial charge in [0.25, 0.3) is 0 Å². The van der Waals surface area contributed by atoms with Crippen molar-refractivity contribution in [3.05, 3.63) is 66.5 Å². The summed E-state index contributed by atoms with van der Waals surface area (Å²) in [7, 11) is 1.44. The number of nitrogens with one attached hydrogen (secondary N) is 1. The number of anilines is 1. The average Bonchev–Trinajstić information content (AvgIpc) is 3.12. The lowest BCUT2D eigenvalue weighted by molar-refractivity contribution is -0.145. The van der Waals surface area contributed by atoms with Crippen LogP contribution in [-0.2, 0) is 12.7 Å². The summed E-state index contributed by atoms with van der Waals surface area (Å²) >= 11 is 0. The Balaban J connectivity index is 1.68. The van der Waals surface area contributed by atoms with E-state index in [0.717, 1.165) is 10.1 Å². The molecule has 0 saturated carbocycles. The van der Waals surface area contributed by atoms with Gasteiger partial charge in [0.15, 0.2) is 5.82 Å². The van der Waals surface area contributed by atoms with Gasteiger partial charge in [0, 0.05) is 25.0 Å². The van der Waals surface area contributed by atoms with Crippen LogP contribution in [0.3, 0.4) is 0 Å². The first kappa shape index (κ1) is 18.7. The lowest BCUT2D eigenvalue weighted by Gasteiger charge is -2.11. The molecule has 0 radical (unpaired) electrons. The number of halogens is 3. The second-order valence-electron chi connectivity index (χ2n) is 6.09. The van der Waals surface area contributed by atoms with E-state index in [1.54, 1.807) is 18.5 Å². The van der Waals surface area contributed by atoms with Crippen molar-refractivity contribution in [2.75, 3.05) is 12.4 Å². The summed E-state index contributed by atoms with van der Waals surface area (Å²) in [5, 5.41) is 3.07. The van der Waals surface area contributed by atoms with Crippen molar-refractivity contribution in [2.24, 2.45) is 0 Å². The van der Waals surface area contributed by atoms with E-state index in [1.165, 1.54) is 31.6 Å². The van der Waals surface area contributed by atoms with Crippen LogP contribution in [0.5, 0.6) is 5.75 Å². The number of rotatable bonds is 5. The van der Waals surface area contributed by atoms with E-state index in [9.17, 15) is 13.2 Å². The molecule has 1 aromatic carbocycles. The molecule has 0 bridgehead atoms. The van der Waals surface area contributed by atoms with Crippen molar-refractivity contribution in [1.82, 2.24) is 24.5 Å². The molecular weight excluding hydrogens is 385 g/mol. The second kappa shape index (κ2) is 7.38. The van der Waals surface area contributed by atoms with Gasteiger partial charge in [0.2, 0.25) is 5.82 Å². The summed E-state index contributed by atoms with van der Waals surface area (Å²) in [6.45, 7) is 0.484. The molecule has 29 heavy (non-hydrogen) atoms. The maximum Gasteiger partial charge on any atom is 0.450 e. The maximum absolute atomic E-state index is 13.6. The first-order valence-corrected chi connectivity index (χ1v) is 8.54. The highest BCUT2D eigenvalue weighted by Gasteiger charge is 2.38. The zero-order chi connectivity index (χ0) is 20.4. The molecule has 3 aromatic heterocycles. The van der Waals surface area contributed by atoms with Gasteiger partial charge in [-0.05, 0) is 29.8 Å². The second-order valence-corrected chi connectivity index (χ2v) is 6.09. The Morgan fingerprint density at radius 3 is 2.52 bits per heavy atom. The van der Waals surface area contributed by atoms with Crippen LogP contribution >= 0.6 is 0 Å². The first-order chi connectivity index (χ1) is 14.0. The van der Waals surface area contributed by atoms with Gasteiger partial charge in [-0.3, -0.25) is 9.55 Å². The molecule has 0 fully saturated rings. The maximum atomic E-state index is 13.6. The molecule has 0 unspecified atom stereocenters. The summed E-state index contributed by atoms with van der Waals surface area (Å²) in [6, 6.07) is 8.21. The van der Waals surface area contributed by atoms with Crippen LogP contribution in [-0.4, -0.2) is 31.6 Å². The lowest BCUT2D eigenvalue weighted by atomic mass is 10.3. The summed E-state index contributed by atoms with van der Waals surface area (Å²) < 4.78 is 46.7. The molecule has 4 rings (SSSR count). The number of ether oxygens (including phenoxy) is 1. The summed E-state index contributed by atoms with van der Waals surface area (Å²) in [4.78, 5) is 16.0. The number of methoxy groups -OCH3 is 1. The van der Waals surface area contributed by atoms with Gasteiger partial charge in [-0.1, -0.05) is 0 Å². The van der Waals surface area contributed by atoms with Crippen molar-refractivity contribution in [3.63, 3.8) is 0 Å². The van der Waals surface area contributed by atoms with E-state index >= 15 is 0 Å². The molecule has 1 N–H and O–H groups in total. The third-order valence-corrected chi connectivity index (χ3v) is 4.21. The standard InChI is InChI=1S/C19H15F3N6O/c1-29-13-2-3-15-14(8-13)27-18(19(20,21)22)28(15)17-11-25-16(10-26-17)24-9-12-4-6-23-7-5-12/h2-8,10-11H,9H2,1H3,(H,24,25). The van der Waals surface area contributed by atoms with Crippen molar-refractivity contribution in [2.45, 2.75) is 12.7 Å². The fourth-order valence-corrected chi connectivity index (χ4v) is 2.83. The summed E-state index contributed by atoms with van der Waals surface area (Å²) in [5.41, 5.74) is 1.39. The largest absolute Gasteiger partial charge is 0.497 e. The van der Waals surface area contributed by atoms with Crippen LogP contribution in [0.25, 0.3) is 16.9 Å². The molecule has 7 nitrogen and oxygen atoms in total.